The third-order valence-electron chi connectivity index (χ3n) is 5.13. The van der Waals surface area contributed by atoms with Gasteiger partial charge in [-0.15, -0.1) is 11.3 Å². The molecule has 0 N–H and O–H groups in total. The van der Waals surface area contributed by atoms with E-state index in [0.717, 1.165) is 11.1 Å². The Balaban J connectivity index is 1.54. The summed E-state index contributed by atoms with van der Waals surface area (Å²) in [6, 6.07) is 18.5. The number of ether oxygens (including phenoxy) is 1. The Kier molecular flexibility index (Phi) is 5.16. The van der Waals surface area contributed by atoms with Crippen molar-refractivity contribution in [1.82, 2.24) is 19.3 Å². The second kappa shape index (κ2) is 8.27. The van der Waals surface area contributed by atoms with Crippen molar-refractivity contribution < 1.29 is 9.26 Å². The highest BCUT2D eigenvalue weighted by atomic mass is 32.1. The van der Waals surface area contributed by atoms with Crippen LogP contribution in [0.25, 0.3) is 21.6 Å². The van der Waals surface area contributed by atoms with E-state index in [9.17, 15) is 9.59 Å². The maximum atomic E-state index is 13.3. The van der Waals surface area contributed by atoms with Crippen LogP contribution in [0.3, 0.4) is 0 Å². The highest BCUT2D eigenvalue weighted by molar-refractivity contribution is 7.17. The molecule has 0 fully saturated rings. The maximum Gasteiger partial charge on any atom is 0.332 e. The Hall–Kier alpha value is -3.98. The van der Waals surface area contributed by atoms with Crippen LogP contribution in [0.1, 0.15) is 11.5 Å². The van der Waals surface area contributed by atoms with Crippen molar-refractivity contribution in [3.8, 4) is 17.1 Å². The zero-order valence-corrected chi connectivity index (χ0v) is 17.9. The number of hydrogen-bond donors (Lipinski definition) is 0. The summed E-state index contributed by atoms with van der Waals surface area (Å²) in [7, 11) is 1.59. The summed E-state index contributed by atoms with van der Waals surface area (Å²) in [5.41, 5.74) is 1.44. The predicted octanol–water partition coefficient (Wildman–Crippen LogP) is 3.38. The fourth-order valence-corrected chi connectivity index (χ4v) is 4.34. The zero-order valence-electron chi connectivity index (χ0n) is 17.1. The topological polar surface area (TPSA) is 92.2 Å². The normalized spacial score (nSPS) is 11.2. The Morgan fingerprint density at radius 3 is 2.50 bits per heavy atom. The number of thiophene rings is 1. The van der Waals surface area contributed by atoms with Crippen molar-refractivity contribution in [2.45, 2.75) is 13.1 Å². The number of rotatable bonds is 6. The van der Waals surface area contributed by atoms with E-state index >= 15 is 0 Å². The lowest BCUT2D eigenvalue weighted by Gasteiger charge is -2.11. The summed E-state index contributed by atoms with van der Waals surface area (Å²) < 4.78 is 13.8. The number of aromatic nitrogens is 4. The molecule has 3 heterocycles. The van der Waals surface area contributed by atoms with Gasteiger partial charge in [0.1, 0.15) is 17.0 Å². The second-order valence-corrected chi connectivity index (χ2v) is 8.04. The molecule has 0 saturated carbocycles. The molecule has 0 atom stereocenters. The van der Waals surface area contributed by atoms with Crippen LogP contribution < -0.4 is 16.0 Å². The van der Waals surface area contributed by atoms with Gasteiger partial charge in [-0.05, 0) is 29.1 Å². The van der Waals surface area contributed by atoms with Crippen molar-refractivity contribution in [3.63, 3.8) is 0 Å². The molecular weight excluding hydrogens is 428 g/mol. The average molecular weight is 446 g/mol. The molecule has 2 aromatic carbocycles. The van der Waals surface area contributed by atoms with Crippen LogP contribution in [-0.2, 0) is 13.1 Å². The number of benzene rings is 2. The van der Waals surface area contributed by atoms with Gasteiger partial charge in [0.25, 0.3) is 5.56 Å². The molecule has 0 aliphatic heterocycles. The molecule has 9 heteroatoms. The van der Waals surface area contributed by atoms with Gasteiger partial charge in [-0.1, -0.05) is 47.6 Å². The minimum Gasteiger partial charge on any atom is -0.497 e. The average Bonchev–Trinajstić information content (AvgIpc) is 3.50. The minimum atomic E-state index is -0.434. The molecule has 8 nitrogen and oxygen atoms in total. The third-order valence-corrected chi connectivity index (χ3v) is 6.02. The maximum absolute atomic E-state index is 13.3. The fourth-order valence-electron chi connectivity index (χ4n) is 3.50. The molecule has 0 aliphatic rings. The lowest BCUT2D eigenvalue weighted by molar-refractivity contribution is 0.369. The summed E-state index contributed by atoms with van der Waals surface area (Å²) in [6.07, 6.45) is 0. The van der Waals surface area contributed by atoms with Crippen molar-refractivity contribution in [1.29, 1.82) is 0 Å². The molecule has 5 aromatic rings. The first-order valence-corrected chi connectivity index (χ1v) is 10.7. The molecule has 32 heavy (non-hydrogen) atoms. The molecule has 0 saturated heterocycles. The van der Waals surface area contributed by atoms with Crippen molar-refractivity contribution in [2.24, 2.45) is 0 Å². The van der Waals surface area contributed by atoms with Gasteiger partial charge in [-0.25, -0.2) is 4.79 Å². The van der Waals surface area contributed by atoms with Crippen LogP contribution in [0.2, 0.25) is 0 Å². The molecule has 0 radical (unpaired) electrons. The van der Waals surface area contributed by atoms with E-state index in [4.69, 9.17) is 9.26 Å². The van der Waals surface area contributed by atoms with Crippen LogP contribution in [-0.4, -0.2) is 26.4 Å². The van der Waals surface area contributed by atoms with Gasteiger partial charge in [-0.2, -0.15) is 4.98 Å². The van der Waals surface area contributed by atoms with Gasteiger partial charge in [0.15, 0.2) is 0 Å². The minimum absolute atomic E-state index is 0.0643. The first-order chi connectivity index (χ1) is 15.6. The van der Waals surface area contributed by atoms with Gasteiger partial charge in [0, 0.05) is 5.56 Å². The van der Waals surface area contributed by atoms with Crippen molar-refractivity contribution >= 4 is 21.6 Å². The smallest absolute Gasteiger partial charge is 0.332 e. The van der Waals surface area contributed by atoms with E-state index in [1.165, 1.54) is 20.5 Å². The van der Waals surface area contributed by atoms with Crippen LogP contribution in [0.5, 0.6) is 5.75 Å². The van der Waals surface area contributed by atoms with Crippen LogP contribution in [0.4, 0.5) is 0 Å². The number of nitrogens with zero attached hydrogens (tertiary/aromatic N) is 4. The summed E-state index contributed by atoms with van der Waals surface area (Å²) in [6.45, 7) is 0.212. The Bertz CT molecular complexity index is 1500. The highest BCUT2D eigenvalue weighted by Crippen LogP contribution is 2.19. The summed E-state index contributed by atoms with van der Waals surface area (Å²) in [5, 5.41) is 5.82. The van der Waals surface area contributed by atoms with Crippen molar-refractivity contribution in [3.05, 3.63) is 98.3 Å². The monoisotopic (exact) mass is 446 g/mol. The first-order valence-electron chi connectivity index (χ1n) is 9.86. The molecule has 3 aromatic heterocycles. The van der Waals surface area contributed by atoms with Gasteiger partial charge in [0.05, 0.1) is 19.2 Å². The van der Waals surface area contributed by atoms with Crippen LogP contribution in [0, 0.1) is 0 Å². The van der Waals surface area contributed by atoms with Gasteiger partial charge in [-0.3, -0.25) is 13.9 Å². The quantitative estimate of drug-likeness (QED) is 0.397. The van der Waals surface area contributed by atoms with E-state index in [1.54, 1.807) is 30.7 Å². The third kappa shape index (κ3) is 3.63. The van der Waals surface area contributed by atoms with E-state index in [2.05, 4.69) is 10.1 Å². The van der Waals surface area contributed by atoms with E-state index in [-0.39, 0.29) is 24.5 Å². The van der Waals surface area contributed by atoms with Gasteiger partial charge in [0.2, 0.25) is 11.7 Å². The van der Waals surface area contributed by atoms with Crippen molar-refractivity contribution in [2.75, 3.05) is 7.11 Å². The lowest BCUT2D eigenvalue weighted by atomic mass is 10.2. The van der Waals surface area contributed by atoms with E-state index < -0.39 is 5.69 Å². The summed E-state index contributed by atoms with van der Waals surface area (Å²) in [4.78, 5) is 30.8. The van der Waals surface area contributed by atoms with Crippen LogP contribution in [0.15, 0.2) is 80.2 Å². The predicted molar refractivity (Wildman–Crippen MR) is 121 cm³/mol. The number of methoxy groups -OCH3 is 1. The fraction of sp³-hybridized carbons (Fsp3) is 0.130. The first kappa shape index (κ1) is 20.0. The number of fused-ring (bicyclic) bond motifs is 1. The summed E-state index contributed by atoms with van der Waals surface area (Å²) in [5.74, 6) is 1.44. The molecule has 0 aliphatic carbocycles. The molecule has 160 valence electrons. The molecule has 0 amide bonds. The van der Waals surface area contributed by atoms with E-state index in [0.29, 0.717) is 21.8 Å². The second-order valence-electron chi connectivity index (χ2n) is 7.12. The molecule has 0 unspecified atom stereocenters. The summed E-state index contributed by atoms with van der Waals surface area (Å²) >= 11 is 1.30. The zero-order chi connectivity index (χ0) is 22.1. The molecule has 0 bridgehead atoms. The largest absolute Gasteiger partial charge is 0.497 e. The standard InChI is InChI=1S/C23H18N4O4S/c1-30-17-9-7-15(8-10-17)13-27-22(28)20-18(11-12-32-20)26(23(27)29)14-19-24-21(25-31-19)16-5-3-2-4-6-16/h2-12H,13-14H2,1H3. The Labute approximate surface area is 186 Å². The van der Waals surface area contributed by atoms with E-state index in [1.807, 2.05) is 42.5 Å². The SMILES string of the molecule is COc1ccc(Cn2c(=O)c3sccc3n(Cc3nc(-c4ccccc4)no3)c2=O)cc1. The number of hydrogen-bond acceptors (Lipinski definition) is 7. The molecule has 0 spiro atoms. The van der Waals surface area contributed by atoms with Gasteiger partial charge >= 0.3 is 5.69 Å². The van der Waals surface area contributed by atoms with Gasteiger partial charge < -0.3 is 9.26 Å². The van der Waals surface area contributed by atoms with Crippen LogP contribution >= 0.6 is 11.3 Å². The molecule has 5 rings (SSSR count). The lowest BCUT2D eigenvalue weighted by Crippen LogP contribution is -2.40. The Morgan fingerprint density at radius 2 is 1.75 bits per heavy atom. The highest BCUT2D eigenvalue weighted by Gasteiger charge is 2.17. The molecular formula is C23H18N4O4S. The Morgan fingerprint density at radius 1 is 0.969 bits per heavy atom.